The van der Waals surface area contributed by atoms with Gasteiger partial charge in [0.15, 0.2) is 11.6 Å². The Bertz CT molecular complexity index is 2350. The fourth-order valence-corrected chi connectivity index (χ4v) is 7.23. The number of nitrogens with zero attached hydrogens (tertiary/aromatic N) is 4. The SMILES string of the molecule is CC1(C)c2ccccc2-c2ccc3c4c5ccccc5ccc4n(-c4nc(-c5ccccc5)nc(-c5ccccc5)n4)c3c21. The Labute approximate surface area is 255 Å². The van der Waals surface area contributed by atoms with Crippen molar-refractivity contribution in [3.05, 3.63) is 145 Å². The molecule has 0 radical (unpaired) electrons. The molecular weight excluding hydrogens is 536 g/mol. The largest absolute Gasteiger partial charge is 0.277 e. The van der Waals surface area contributed by atoms with Crippen LogP contribution in [-0.4, -0.2) is 19.5 Å². The first kappa shape index (κ1) is 24.9. The summed E-state index contributed by atoms with van der Waals surface area (Å²) in [5.74, 6) is 1.92. The predicted octanol–water partition coefficient (Wildman–Crippen LogP) is 9.76. The lowest BCUT2D eigenvalue weighted by atomic mass is 9.81. The van der Waals surface area contributed by atoms with Crippen LogP contribution >= 0.6 is 0 Å². The molecular formula is C40H28N4. The van der Waals surface area contributed by atoms with Crippen LogP contribution in [0.4, 0.5) is 0 Å². The van der Waals surface area contributed by atoms with Crippen molar-refractivity contribution in [3.63, 3.8) is 0 Å². The van der Waals surface area contributed by atoms with Crippen molar-refractivity contribution in [2.45, 2.75) is 19.3 Å². The minimum atomic E-state index is -0.217. The van der Waals surface area contributed by atoms with E-state index in [1.807, 2.05) is 36.4 Å². The van der Waals surface area contributed by atoms with Gasteiger partial charge in [-0.1, -0.05) is 141 Å². The van der Waals surface area contributed by atoms with E-state index in [4.69, 9.17) is 15.0 Å². The van der Waals surface area contributed by atoms with Crippen molar-refractivity contribution in [2.75, 3.05) is 0 Å². The number of rotatable bonds is 3. The summed E-state index contributed by atoms with van der Waals surface area (Å²) < 4.78 is 2.30. The molecule has 0 amide bonds. The van der Waals surface area contributed by atoms with Crippen LogP contribution in [0.3, 0.4) is 0 Å². The predicted molar refractivity (Wildman–Crippen MR) is 180 cm³/mol. The molecule has 1 aliphatic carbocycles. The summed E-state index contributed by atoms with van der Waals surface area (Å²) in [4.78, 5) is 15.4. The van der Waals surface area contributed by atoms with Crippen molar-refractivity contribution >= 4 is 32.6 Å². The van der Waals surface area contributed by atoms with Gasteiger partial charge in [0.2, 0.25) is 5.95 Å². The smallest absolute Gasteiger partial charge is 0.238 e. The Morgan fingerprint density at radius 2 is 1.16 bits per heavy atom. The van der Waals surface area contributed by atoms with E-state index in [1.54, 1.807) is 0 Å². The maximum atomic E-state index is 5.22. The van der Waals surface area contributed by atoms with E-state index >= 15 is 0 Å². The molecule has 0 bridgehead atoms. The zero-order chi connectivity index (χ0) is 29.4. The third kappa shape index (κ3) is 3.48. The van der Waals surface area contributed by atoms with Gasteiger partial charge in [0, 0.05) is 27.3 Å². The molecule has 4 nitrogen and oxygen atoms in total. The minimum absolute atomic E-state index is 0.217. The second-order valence-electron chi connectivity index (χ2n) is 12.1. The molecule has 0 saturated carbocycles. The second kappa shape index (κ2) is 9.19. The quantitative estimate of drug-likeness (QED) is 0.215. The molecule has 0 N–H and O–H groups in total. The van der Waals surface area contributed by atoms with Crippen molar-refractivity contribution in [1.82, 2.24) is 19.5 Å². The van der Waals surface area contributed by atoms with Crippen LogP contribution < -0.4 is 0 Å². The molecule has 0 spiro atoms. The van der Waals surface area contributed by atoms with Crippen molar-refractivity contribution in [3.8, 4) is 39.9 Å². The van der Waals surface area contributed by atoms with Crippen LogP contribution in [0.25, 0.3) is 72.4 Å². The van der Waals surface area contributed by atoms with E-state index in [2.05, 4.69) is 115 Å². The van der Waals surface area contributed by atoms with Crippen molar-refractivity contribution < 1.29 is 0 Å². The van der Waals surface area contributed by atoms with Crippen LogP contribution in [0.1, 0.15) is 25.0 Å². The summed E-state index contributed by atoms with van der Waals surface area (Å²) >= 11 is 0. The monoisotopic (exact) mass is 564 g/mol. The van der Waals surface area contributed by atoms with Crippen LogP contribution in [0.5, 0.6) is 0 Å². The Morgan fingerprint density at radius 3 is 1.89 bits per heavy atom. The van der Waals surface area contributed by atoms with Gasteiger partial charge in [-0.3, -0.25) is 4.57 Å². The lowest BCUT2D eigenvalue weighted by molar-refractivity contribution is 0.663. The van der Waals surface area contributed by atoms with Crippen LogP contribution in [0.2, 0.25) is 0 Å². The van der Waals surface area contributed by atoms with E-state index in [1.165, 1.54) is 43.8 Å². The molecule has 0 fully saturated rings. The molecule has 0 aliphatic heterocycles. The lowest BCUT2D eigenvalue weighted by Gasteiger charge is -2.23. The highest BCUT2D eigenvalue weighted by atomic mass is 15.2. The third-order valence-corrected chi connectivity index (χ3v) is 9.22. The maximum absolute atomic E-state index is 5.22. The van der Waals surface area contributed by atoms with E-state index < -0.39 is 0 Å². The van der Waals surface area contributed by atoms with Gasteiger partial charge in [-0.2, -0.15) is 9.97 Å². The molecule has 9 rings (SSSR count). The molecule has 6 aromatic carbocycles. The highest BCUT2D eigenvalue weighted by Crippen LogP contribution is 2.53. The molecule has 8 aromatic rings. The average Bonchev–Trinajstić information content (AvgIpc) is 3.54. The van der Waals surface area contributed by atoms with E-state index in [0.29, 0.717) is 17.6 Å². The average molecular weight is 565 g/mol. The first-order valence-electron chi connectivity index (χ1n) is 15.1. The minimum Gasteiger partial charge on any atom is -0.277 e. The molecule has 208 valence electrons. The summed E-state index contributed by atoms with van der Waals surface area (Å²) in [6, 6.07) is 46.9. The second-order valence-corrected chi connectivity index (χ2v) is 12.1. The van der Waals surface area contributed by atoms with Crippen molar-refractivity contribution in [2.24, 2.45) is 0 Å². The highest BCUT2D eigenvalue weighted by Gasteiger charge is 2.38. The fraction of sp³-hybridized carbons (Fsp3) is 0.0750. The number of hydrogen-bond acceptors (Lipinski definition) is 3. The van der Waals surface area contributed by atoms with E-state index in [0.717, 1.165) is 22.2 Å². The lowest BCUT2D eigenvalue weighted by Crippen LogP contribution is -2.17. The van der Waals surface area contributed by atoms with Gasteiger partial charge >= 0.3 is 0 Å². The van der Waals surface area contributed by atoms with Gasteiger partial charge in [-0.25, -0.2) is 4.98 Å². The van der Waals surface area contributed by atoms with Crippen LogP contribution in [-0.2, 0) is 5.41 Å². The van der Waals surface area contributed by atoms with E-state index in [-0.39, 0.29) is 5.41 Å². The Hall–Kier alpha value is -5.61. The number of aromatic nitrogens is 4. The Balaban J connectivity index is 1.47. The zero-order valence-electron chi connectivity index (χ0n) is 24.5. The van der Waals surface area contributed by atoms with Gasteiger partial charge in [0.1, 0.15) is 0 Å². The van der Waals surface area contributed by atoms with Gasteiger partial charge in [-0.15, -0.1) is 0 Å². The van der Waals surface area contributed by atoms with Crippen LogP contribution in [0.15, 0.2) is 133 Å². The molecule has 0 atom stereocenters. The molecule has 2 aromatic heterocycles. The van der Waals surface area contributed by atoms with Gasteiger partial charge in [-0.05, 0) is 39.1 Å². The number of fused-ring (bicyclic) bond motifs is 9. The summed E-state index contributed by atoms with van der Waals surface area (Å²) in [6.45, 7) is 4.69. The molecule has 0 unspecified atom stereocenters. The summed E-state index contributed by atoms with van der Waals surface area (Å²) in [5, 5.41) is 4.87. The van der Waals surface area contributed by atoms with E-state index in [9.17, 15) is 0 Å². The van der Waals surface area contributed by atoms with Crippen molar-refractivity contribution in [1.29, 1.82) is 0 Å². The van der Waals surface area contributed by atoms with Crippen LogP contribution in [0, 0.1) is 0 Å². The zero-order valence-corrected chi connectivity index (χ0v) is 24.5. The topological polar surface area (TPSA) is 43.6 Å². The standard InChI is InChI=1S/C40H28N4/c1-40(2)32-20-12-11-19-29(32)30-22-23-31-34-28-18-10-9-13-25(28)21-24-33(34)44(36(31)35(30)40)39-42-37(26-14-5-3-6-15-26)41-38(43-39)27-16-7-4-8-17-27/h3-24H,1-2H3. The maximum Gasteiger partial charge on any atom is 0.238 e. The summed E-state index contributed by atoms with van der Waals surface area (Å²) in [6.07, 6.45) is 0. The molecule has 4 heteroatoms. The van der Waals surface area contributed by atoms with Gasteiger partial charge in [0.05, 0.1) is 11.0 Å². The fourth-order valence-electron chi connectivity index (χ4n) is 7.23. The highest BCUT2D eigenvalue weighted by molar-refractivity contribution is 6.22. The molecule has 2 heterocycles. The number of benzene rings is 6. The normalized spacial score (nSPS) is 13.4. The number of hydrogen-bond donors (Lipinski definition) is 0. The summed E-state index contributed by atoms with van der Waals surface area (Å²) in [7, 11) is 0. The van der Waals surface area contributed by atoms with Gasteiger partial charge in [0.25, 0.3) is 0 Å². The molecule has 44 heavy (non-hydrogen) atoms. The third-order valence-electron chi connectivity index (χ3n) is 9.22. The first-order chi connectivity index (χ1) is 21.6. The Kier molecular flexibility index (Phi) is 5.21. The first-order valence-corrected chi connectivity index (χ1v) is 15.1. The molecule has 0 saturated heterocycles. The van der Waals surface area contributed by atoms with Gasteiger partial charge < -0.3 is 0 Å². The summed E-state index contributed by atoms with van der Waals surface area (Å²) in [5.41, 5.74) is 9.14. The molecule has 1 aliphatic rings. The Morgan fingerprint density at radius 1 is 0.523 bits per heavy atom.